The van der Waals surface area contributed by atoms with Crippen LogP contribution in [0.4, 0.5) is 0 Å². The van der Waals surface area contributed by atoms with E-state index < -0.39 is 36.1 Å². The summed E-state index contributed by atoms with van der Waals surface area (Å²) in [5, 5.41) is 26.7. The standard InChI is InChI=1S/C10H18N4O5/c11-6(2-1-3-14-10(12)13)8(17)5(9(18)19)4-7(15)16/h5-6H,1-4,11H2,(H,15,16)(H,18,19)(H4,12,13,14)/t5?,6-/m0/s1. The fourth-order valence-electron chi connectivity index (χ4n) is 1.43. The lowest BCUT2D eigenvalue weighted by molar-refractivity contribution is -0.152. The van der Waals surface area contributed by atoms with Gasteiger partial charge < -0.3 is 27.0 Å². The summed E-state index contributed by atoms with van der Waals surface area (Å²) in [7, 11) is 0. The summed E-state index contributed by atoms with van der Waals surface area (Å²) in [6.45, 7) is 0.326. The van der Waals surface area contributed by atoms with Crippen molar-refractivity contribution in [1.82, 2.24) is 5.32 Å². The predicted molar refractivity (Wildman–Crippen MR) is 65.5 cm³/mol. The number of nitrogens with one attached hydrogen (secondary N) is 2. The number of carbonyl (C=O) groups excluding carboxylic acids is 1. The first-order valence-corrected chi connectivity index (χ1v) is 5.57. The van der Waals surface area contributed by atoms with E-state index in [1.807, 2.05) is 0 Å². The first-order chi connectivity index (χ1) is 8.75. The van der Waals surface area contributed by atoms with Gasteiger partial charge in [0.15, 0.2) is 11.7 Å². The average Bonchev–Trinajstić information content (AvgIpc) is 2.29. The van der Waals surface area contributed by atoms with Crippen LogP contribution in [0.5, 0.6) is 0 Å². The Morgan fingerprint density at radius 3 is 2.26 bits per heavy atom. The van der Waals surface area contributed by atoms with Crippen LogP contribution < -0.4 is 16.8 Å². The predicted octanol–water partition coefficient (Wildman–Crippen LogP) is -1.68. The van der Waals surface area contributed by atoms with Crippen molar-refractivity contribution in [2.75, 3.05) is 6.54 Å². The van der Waals surface area contributed by atoms with E-state index >= 15 is 0 Å². The van der Waals surface area contributed by atoms with Crippen molar-refractivity contribution in [2.45, 2.75) is 25.3 Å². The molecule has 0 aliphatic rings. The minimum absolute atomic E-state index is 0.183. The smallest absolute Gasteiger partial charge is 0.314 e. The number of ketones is 1. The van der Waals surface area contributed by atoms with Crippen molar-refractivity contribution in [3.05, 3.63) is 0 Å². The van der Waals surface area contributed by atoms with E-state index in [1.165, 1.54) is 0 Å². The molecule has 9 nitrogen and oxygen atoms in total. The van der Waals surface area contributed by atoms with Crippen LogP contribution in [0.1, 0.15) is 19.3 Å². The Labute approximate surface area is 109 Å². The van der Waals surface area contributed by atoms with Crippen LogP contribution in [-0.2, 0) is 14.4 Å². The second-order valence-corrected chi connectivity index (χ2v) is 3.98. The maximum Gasteiger partial charge on any atom is 0.314 e. The van der Waals surface area contributed by atoms with Gasteiger partial charge in [-0.05, 0) is 12.8 Å². The Morgan fingerprint density at radius 2 is 1.84 bits per heavy atom. The number of hydrogen-bond acceptors (Lipinski definition) is 5. The van der Waals surface area contributed by atoms with Gasteiger partial charge in [-0.3, -0.25) is 19.8 Å². The molecule has 0 aromatic heterocycles. The van der Waals surface area contributed by atoms with Gasteiger partial charge in [-0.1, -0.05) is 0 Å². The number of hydrogen-bond donors (Lipinski definition) is 6. The van der Waals surface area contributed by atoms with Gasteiger partial charge in [0.05, 0.1) is 12.5 Å². The van der Waals surface area contributed by atoms with Gasteiger partial charge in [0, 0.05) is 6.54 Å². The third kappa shape index (κ3) is 6.99. The maximum absolute atomic E-state index is 11.7. The van der Waals surface area contributed by atoms with Crippen molar-refractivity contribution >= 4 is 23.7 Å². The number of carboxylic acid groups (broad SMARTS) is 2. The molecule has 2 atom stereocenters. The number of carboxylic acids is 2. The van der Waals surface area contributed by atoms with E-state index in [4.69, 9.17) is 27.1 Å². The monoisotopic (exact) mass is 274 g/mol. The summed E-state index contributed by atoms with van der Waals surface area (Å²) in [4.78, 5) is 33.0. The zero-order valence-electron chi connectivity index (χ0n) is 10.3. The van der Waals surface area contributed by atoms with Crippen LogP contribution in [0.3, 0.4) is 0 Å². The van der Waals surface area contributed by atoms with Crippen LogP contribution >= 0.6 is 0 Å². The van der Waals surface area contributed by atoms with Gasteiger partial charge in [-0.25, -0.2) is 0 Å². The van der Waals surface area contributed by atoms with Crippen molar-refractivity contribution < 1.29 is 24.6 Å². The van der Waals surface area contributed by atoms with Crippen molar-refractivity contribution in [1.29, 1.82) is 5.41 Å². The molecule has 0 saturated carbocycles. The van der Waals surface area contributed by atoms with E-state index in [2.05, 4.69) is 5.32 Å². The first-order valence-electron chi connectivity index (χ1n) is 5.57. The zero-order chi connectivity index (χ0) is 15.0. The molecule has 0 heterocycles. The molecule has 0 rings (SSSR count). The molecular weight excluding hydrogens is 256 g/mol. The SMILES string of the molecule is N=C(N)NCCC[C@H](N)C(=O)C(CC(=O)O)C(=O)O. The summed E-state index contributed by atoms with van der Waals surface area (Å²) in [6, 6.07) is -1.05. The van der Waals surface area contributed by atoms with E-state index in [1.54, 1.807) is 0 Å². The van der Waals surface area contributed by atoms with Gasteiger partial charge in [0.1, 0.15) is 5.92 Å². The summed E-state index contributed by atoms with van der Waals surface area (Å²) in [5.41, 5.74) is 10.6. The Balaban J connectivity index is 4.31. The molecule has 0 aliphatic heterocycles. The molecule has 0 amide bonds. The number of aliphatic carboxylic acids is 2. The Kier molecular flexibility index (Phi) is 7.12. The molecule has 0 saturated heterocycles. The summed E-state index contributed by atoms with van der Waals surface area (Å²) in [6.07, 6.45) is -0.192. The number of rotatable bonds is 9. The van der Waals surface area contributed by atoms with Crippen molar-refractivity contribution in [3.63, 3.8) is 0 Å². The number of carbonyl (C=O) groups is 3. The highest BCUT2D eigenvalue weighted by atomic mass is 16.4. The highest BCUT2D eigenvalue weighted by Crippen LogP contribution is 2.10. The lowest BCUT2D eigenvalue weighted by Crippen LogP contribution is -2.40. The van der Waals surface area contributed by atoms with Gasteiger partial charge in [-0.15, -0.1) is 0 Å². The minimum Gasteiger partial charge on any atom is -0.481 e. The van der Waals surface area contributed by atoms with E-state index in [0.717, 1.165) is 0 Å². The fourth-order valence-corrected chi connectivity index (χ4v) is 1.43. The summed E-state index contributed by atoms with van der Waals surface area (Å²) < 4.78 is 0. The summed E-state index contributed by atoms with van der Waals surface area (Å²) >= 11 is 0. The van der Waals surface area contributed by atoms with Crippen LogP contribution in [0, 0.1) is 11.3 Å². The molecule has 0 radical (unpaired) electrons. The third-order valence-corrected chi connectivity index (χ3v) is 2.39. The molecule has 0 bridgehead atoms. The van der Waals surface area contributed by atoms with Crippen molar-refractivity contribution in [3.8, 4) is 0 Å². The van der Waals surface area contributed by atoms with Crippen molar-refractivity contribution in [2.24, 2.45) is 17.4 Å². The van der Waals surface area contributed by atoms with Gasteiger partial charge in [-0.2, -0.15) is 0 Å². The zero-order valence-corrected chi connectivity index (χ0v) is 10.3. The van der Waals surface area contributed by atoms with E-state index in [9.17, 15) is 14.4 Å². The molecular formula is C10H18N4O5. The average molecular weight is 274 g/mol. The molecule has 0 aromatic carbocycles. The van der Waals surface area contributed by atoms with Gasteiger partial charge in [0.25, 0.3) is 0 Å². The lowest BCUT2D eigenvalue weighted by atomic mass is 9.93. The molecule has 0 aromatic rings. The molecule has 0 fully saturated rings. The van der Waals surface area contributed by atoms with Crippen LogP contribution in [0.25, 0.3) is 0 Å². The number of guanidine groups is 1. The van der Waals surface area contributed by atoms with Gasteiger partial charge >= 0.3 is 11.9 Å². The highest BCUT2D eigenvalue weighted by molar-refractivity contribution is 6.03. The molecule has 19 heavy (non-hydrogen) atoms. The summed E-state index contributed by atoms with van der Waals surface area (Å²) in [5.74, 6) is -5.52. The molecule has 0 aliphatic carbocycles. The lowest BCUT2D eigenvalue weighted by Gasteiger charge is -2.15. The maximum atomic E-state index is 11.7. The van der Waals surface area contributed by atoms with Crippen LogP contribution in [0.15, 0.2) is 0 Å². The first kappa shape index (κ1) is 16.8. The van der Waals surface area contributed by atoms with Crippen LogP contribution in [-0.4, -0.2) is 46.5 Å². The Hall–Kier alpha value is -2.16. The second kappa shape index (κ2) is 8.03. The molecule has 9 heteroatoms. The molecule has 0 spiro atoms. The van der Waals surface area contributed by atoms with E-state index in [0.29, 0.717) is 13.0 Å². The Morgan fingerprint density at radius 1 is 1.26 bits per heavy atom. The molecule has 108 valence electrons. The topological polar surface area (TPSA) is 180 Å². The number of Topliss-reactive ketones (excluding diaryl/α,β-unsaturated/α-hetero) is 1. The molecule has 1 unspecified atom stereocenters. The quantitative estimate of drug-likeness (QED) is 0.125. The highest BCUT2D eigenvalue weighted by Gasteiger charge is 2.32. The van der Waals surface area contributed by atoms with E-state index in [-0.39, 0.29) is 12.4 Å². The van der Waals surface area contributed by atoms with Gasteiger partial charge in [0.2, 0.25) is 0 Å². The minimum atomic E-state index is -1.63. The largest absolute Gasteiger partial charge is 0.481 e. The van der Waals surface area contributed by atoms with Crippen LogP contribution in [0.2, 0.25) is 0 Å². The third-order valence-electron chi connectivity index (χ3n) is 2.39. The molecule has 8 N–H and O–H groups in total. The number of nitrogens with two attached hydrogens (primary N) is 2. The normalized spacial score (nSPS) is 13.3. The Bertz CT molecular complexity index is 371. The second-order valence-electron chi connectivity index (χ2n) is 3.98. The fraction of sp³-hybridized carbons (Fsp3) is 0.600.